The second-order valence-electron chi connectivity index (χ2n) is 18.5. The fourth-order valence-corrected chi connectivity index (χ4v) is 10.8. The molecule has 4 amide bonds. The van der Waals surface area contributed by atoms with Crippen LogP contribution in [0.1, 0.15) is 85.2 Å². The molecule has 0 bridgehead atoms. The van der Waals surface area contributed by atoms with Gasteiger partial charge in [0.25, 0.3) is 11.8 Å². The molecule has 2 N–H and O–H groups in total. The lowest BCUT2D eigenvalue weighted by Gasteiger charge is -2.63. The summed E-state index contributed by atoms with van der Waals surface area (Å²) >= 11 is 0. The average Bonchev–Trinajstić information content (AvgIpc) is 3.59. The van der Waals surface area contributed by atoms with Crippen molar-refractivity contribution in [3.8, 4) is 11.8 Å². The molecule has 14 nitrogen and oxygen atoms in total. The van der Waals surface area contributed by atoms with Gasteiger partial charge in [0, 0.05) is 105 Å². The topological polar surface area (TPSA) is 164 Å². The minimum Gasteiger partial charge on any atom is -0.488 e. The summed E-state index contributed by atoms with van der Waals surface area (Å²) in [4.78, 5) is 68.9. The first kappa shape index (κ1) is 40.3. The fourth-order valence-electron chi connectivity index (χ4n) is 10.8. The van der Waals surface area contributed by atoms with Crippen LogP contribution in [0.5, 0.6) is 5.75 Å². The van der Waals surface area contributed by atoms with Crippen LogP contribution in [0.25, 0.3) is 10.9 Å². The number of anilines is 2. The number of amides is 4. The highest BCUT2D eigenvalue weighted by Crippen LogP contribution is 2.56. The molecule has 1 saturated carbocycles. The van der Waals surface area contributed by atoms with Crippen molar-refractivity contribution < 1.29 is 23.9 Å². The van der Waals surface area contributed by atoms with Crippen molar-refractivity contribution in [3.63, 3.8) is 0 Å². The Hall–Kier alpha value is -6.07. The molecule has 1 atom stereocenters. The lowest BCUT2D eigenvalue weighted by Crippen LogP contribution is -2.74. The molecule has 2 aromatic heterocycles. The summed E-state index contributed by atoms with van der Waals surface area (Å²) in [6, 6.07) is 18.7. The van der Waals surface area contributed by atoms with Crippen LogP contribution in [0, 0.1) is 28.1 Å². The lowest BCUT2D eigenvalue weighted by molar-refractivity contribution is -0.163. The number of pyridine rings is 2. The molecule has 4 aromatic rings. The first-order valence-corrected chi connectivity index (χ1v) is 21.5. The van der Waals surface area contributed by atoms with E-state index >= 15 is 0 Å². The van der Waals surface area contributed by atoms with Gasteiger partial charge in [-0.15, -0.1) is 0 Å². The van der Waals surface area contributed by atoms with Gasteiger partial charge in [-0.05, 0) is 85.3 Å². The van der Waals surface area contributed by atoms with Gasteiger partial charge >= 0.3 is 0 Å². The number of rotatable bonds is 9. The summed E-state index contributed by atoms with van der Waals surface area (Å²) in [5.41, 5.74) is 3.58. The van der Waals surface area contributed by atoms with Crippen LogP contribution in [0.15, 0.2) is 67.0 Å². The summed E-state index contributed by atoms with van der Waals surface area (Å²) in [7, 11) is 0. The summed E-state index contributed by atoms with van der Waals surface area (Å²) in [5, 5.41) is 16.0. The Labute approximate surface area is 356 Å². The third kappa shape index (κ3) is 7.43. The molecule has 61 heavy (non-hydrogen) atoms. The maximum atomic E-state index is 13.6. The third-order valence-electron chi connectivity index (χ3n) is 13.9. The molecule has 4 aliphatic heterocycles. The Balaban J connectivity index is 0.733. The maximum absolute atomic E-state index is 13.6. The SMILES string of the molecule is CC1(C)C(NC(=O)c2ccc(N3CCC(CN4CCN(c5ccc6c(c5)CN([C@H]5CCC(=O)NC5=O)C6=O)CC4)CC3)nc2)C(C)(C)C1Oc1ccc(C#N)c2ncccc12. The normalized spacial score (nSPS) is 23.9. The number of benzene rings is 2. The van der Waals surface area contributed by atoms with Gasteiger partial charge in [0.05, 0.1) is 16.6 Å². The van der Waals surface area contributed by atoms with Crippen molar-refractivity contribution in [3.05, 3.63) is 89.2 Å². The zero-order valence-corrected chi connectivity index (χ0v) is 35.3. The molecule has 9 rings (SSSR count). The molecule has 5 aliphatic rings. The van der Waals surface area contributed by atoms with Crippen molar-refractivity contribution in [2.75, 3.05) is 55.6 Å². The minimum atomic E-state index is -0.606. The predicted molar refractivity (Wildman–Crippen MR) is 230 cm³/mol. The van der Waals surface area contributed by atoms with E-state index in [1.807, 2.05) is 42.5 Å². The van der Waals surface area contributed by atoms with E-state index in [1.54, 1.807) is 23.4 Å². The Morgan fingerprint density at radius 2 is 1.69 bits per heavy atom. The zero-order chi connectivity index (χ0) is 42.6. The molecule has 6 heterocycles. The van der Waals surface area contributed by atoms with E-state index < -0.39 is 6.04 Å². The molecule has 1 aliphatic carbocycles. The van der Waals surface area contributed by atoms with Gasteiger partial charge in [0.1, 0.15) is 29.8 Å². The third-order valence-corrected chi connectivity index (χ3v) is 13.9. The van der Waals surface area contributed by atoms with E-state index in [2.05, 4.69) is 70.1 Å². The molecular weight excluding hydrogens is 771 g/mol. The summed E-state index contributed by atoms with van der Waals surface area (Å²) in [6.45, 7) is 15.5. The van der Waals surface area contributed by atoms with Crippen LogP contribution in [0.2, 0.25) is 0 Å². The number of imide groups is 1. The first-order chi connectivity index (χ1) is 29.3. The Morgan fingerprint density at radius 3 is 2.39 bits per heavy atom. The predicted octanol–water partition coefficient (Wildman–Crippen LogP) is 4.91. The molecule has 0 spiro atoms. The number of carbonyl (C=O) groups excluding carboxylic acids is 4. The van der Waals surface area contributed by atoms with Gasteiger partial charge < -0.3 is 24.8 Å². The van der Waals surface area contributed by atoms with E-state index in [0.29, 0.717) is 46.8 Å². The Bertz CT molecular complexity index is 2410. The number of piperazine rings is 1. The number of aromatic nitrogens is 2. The van der Waals surface area contributed by atoms with Crippen molar-refractivity contribution in [1.29, 1.82) is 5.26 Å². The van der Waals surface area contributed by atoms with Crippen LogP contribution in [-0.4, -0.2) is 107 Å². The number of piperidine rings is 2. The highest BCUT2D eigenvalue weighted by atomic mass is 16.5. The minimum absolute atomic E-state index is 0.142. The molecule has 14 heteroatoms. The number of hydrogen-bond acceptors (Lipinski definition) is 11. The zero-order valence-electron chi connectivity index (χ0n) is 35.3. The summed E-state index contributed by atoms with van der Waals surface area (Å²) in [6.07, 6.45) is 5.94. The first-order valence-electron chi connectivity index (χ1n) is 21.5. The van der Waals surface area contributed by atoms with Crippen molar-refractivity contribution >= 4 is 46.0 Å². The van der Waals surface area contributed by atoms with E-state index in [-0.39, 0.29) is 53.0 Å². The number of fused-ring (bicyclic) bond motifs is 2. The van der Waals surface area contributed by atoms with Crippen LogP contribution >= 0.6 is 0 Å². The number of hydrogen-bond donors (Lipinski definition) is 2. The van der Waals surface area contributed by atoms with Crippen LogP contribution in [0.4, 0.5) is 11.5 Å². The van der Waals surface area contributed by atoms with Gasteiger partial charge in [-0.3, -0.25) is 34.4 Å². The number of carbonyl (C=O) groups is 4. The highest BCUT2D eigenvalue weighted by Gasteiger charge is 2.64. The Kier molecular flexibility index (Phi) is 10.4. The summed E-state index contributed by atoms with van der Waals surface area (Å²) < 4.78 is 6.65. The lowest BCUT2D eigenvalue weighted by atomic mass is 9.49. The molecule has 3 saturated heterocycles. The van der Waals surface area contributed by atoms with Gasteiger partial charge in [0.15, 0.2) is 0 Å². The monoisotopic (exact) mass is 823 g/mol. The van der Waals surface area contributed by atoms with Gasteiger partial charge in [-0.2, -0.15) is 5.26 Å². The molecule has 2 aromatic carbocycles. The van der Waals surface area contributed by atoms with E-state index in [1.165, 1.54) is 0 Å². The molecule has 316 valence electrons. The van der Waals surface area contributed by atoms with Gasteiger partial charge in [0.2, 0.25) is 11.8 Å². The van der Waals surface area contributed by atoms with Crippen LogP contribution in [-0.2, 0) is 16.1 Å². The second kappa shape index (κ2) is 15.8. The van der Waals surface area contributed by atoms with E-state index in [0.717, 1.165) is 81.1 Å². The van der Waals surface area contributed by atoms with Gasteiger partial charge in [-0.25, -0.2) is 4.98 Å². The largest absolute Gasteiger partial charge is 0.488 e. The van der Waals surface area contributed by atoms with Gasteiger partial charge in [-0.1, -0.05) is 27.7 Å². The van der Waals surface area contributed by atoms with Crippen molar-refractivity contribution in [2.24, 2.45) is 16.7 Å². The molecular formula is C47H53N9O5. The number of nitrogens with zero attached hydrogens (tertiary/aromatic N) is 7. The number of nitriles is 1. The van der Waals surface area contributed by atoms with Crippen molar-refractivity contribution in [2.45, 2.75) is 78.1 Å². The molecule has 4 fully saturated rings. The summed E-state index contributed by atoms with van der Waals surface area (Å²) in [5.74, 6) is 1.21. The van der Waals surface area contributed by atoms with Crippen molar-refractivity contribution in [1.82, 2.24) is 30.4 Å². The van der Waals surface area contributed by atoms with Crippen LogP contribution < -0.4 is 25.2 Å². The standard InChI is InChI=1S/C47H53N9O5/c1-46(2)44(47(3,4)45(46)61-37-12-7-30(25-48)40-35(37)6-5-17-49-40)52-41(58)31-8-13-38(50-26-31)55-18-15-29(16-19-55)27-53-20-22-54(23-21-53)33-9-10-34-32(24-33)28-56(43(34)60)36-11-14-39(57)51-42(36)59/h5-10,12-13,17,24,26,29,36,44-45H,11,14-16,18-23,27-28H2,1-4H3,(H,52,58)(H,51,57,59)/t36-,44?,45?/m0/s1. The molecule has 0 unspecified atom stereocenters. The smallest absolute Gasteiger partial charge is 0.255 e. The fraction of sp³-hybridized carbons (Fsp3) is 0.468. The van der Waals surface area contributed by atoms with E-state index in [4.69, 9.17) is 9.72 Å². The molecule has 0 radical (unpaired) electrons. The highest BCUT2D eigenvalue weighted by molar-refractivity contribution is 6.05. The Morgan fingerprint density at radius 1 is 0.918 bits per heavy atom. The van der Waals surface area contributed by atoms with Crippen LogP contribution in [0.3, 0.4) is 0 Å². The number of nitrogens with one attached hydrogen (secondary N) is 2. The average molecular weight is 824 g/mol. The van der Waals surface area contributed by atoms with E-state index in [9.17, 15) is 24.4 Å². The second-order valence-corrected chi connectivity index (χ2v) is 18.5. The number of ether oxygens (including phenoxy) is 1. The quantitative estimate of drug-likeness (QED) is 0.221. The maximum Gasteiger partial charge on any atom is 0.255 e.